The van der Waals surface area contributed by atoms with Gasteiger partial charge in [0, 0.05) is 16.8 Å². The topological polar surface area (TPSA) is 55.4 Å². The molecule has 1 N–H and O–H groups in total. The molecule has 0 spiro atoms. The van der Waals surface area contributed by atoms with Gasteiger partial charge in [0.25, 0.3) is 5.91 Å². The molecule has 5 heteroatoms. The molecule has 0 heterocycles. The SMILES string of the molecule is C[C@H](OC(=O)/C=C/c1ccccc1)C(=O)Nc1cccc(Cl)c1. The molecular weight excluding hydrogens is 314 g/mol. The fourth-order valence-corrected chi connectivity index (χ4v) is 2.00. The normalized spacial score (nSPS) is 11.9. The van der Waals surface area contributed by atoms with E-state index in [0.29, 0.717) is 10.7 Å². The van der Waals surface area contributed by atoms with Crippen LogP contribution < -0.4 is 5.32 Å². The van der Waals surface area contributed by atoms with Crippen LogP contribution in [0.3, 0.4) is 0 Å². The quantitative estimate of drug-likeness (QED) is 0.668. The van der Waals surface area contributed by atoms with E-state index in [1.165, 1.54) is 13.0 Å². The minimum Gasteiger partial charge on any atom is -0.449 e. The molecule has 0 aliphatic rings. The number of carbonyl (C=O) groups excluding carboxylic acids is 2. The third kappa shape index (κ3) is 5.60. The van der Waals surface area contributed by atoms with E-state index in [1.807, 2.05) is 30.3 Å². The Morgan fingerprint density at radius 3 is 2.57 bits per heavy atom. The van der Waals surface area contributed by atoms with Gasteiger partial charge in [-0.25, -0.2) is 4.79 Å². The van der Waals surface area contributed by atoms with Gasteiger partial charge in [-0.15, -0.1) is 0 Å². The molecule has 0 aliphatic carbocycles. The van der Waals surface area contributed by atoms with E-state index in [-0.39, 0.29) is 0 Å². The lowest BCUT2D eigenvalue weighted by atomic mass is 10.2. The van der Waals surface area contributed by atoms with E-state index < -0.39 is 18.0 Å². The summed E-state index contributed by atoms with van der Waals surface area (Å²) in [4.78, 5) is 23.7. The Morgan fingerprint density at radius 1 is 1.13 bits per heavy atom. The summed E-state index contributed by atoms with van der Waals surface area (Å²) in [6.45, 7) is 1.51. The van der Waals surface area contributed by atoms with E-state index in [1.54, 1.807) is 30.3 Å². The fourth-order valence-electron chi connectivity index (χ4n) is 1.81. The number of amides is 1. The summed E-state index contributed by atoms with van der Waals surface area (Å²) in [5.74, 6) is -1.00. The highest BCUT2D eigenvalue weighted by molar-refractivity contribution is 6.30. The Balaban J connectivity index is 1.88. The first kappa shape index (κ1) is 16.8. The Bertz CT molecular complexity index is 713. The first-order valence-electron chi connectivity index (χ1n) is 7.05. The van der Waals surface area contributed by atoms with Crippen LogP contribution in [0.5, 0.6) is 0 Å². The number of carbonyl (C=O) groups is 2. The second kappa shape index (κ2) is 8.15. The highest BCUT2D eigenvalue weighted by Gasteiger charge is 2.16. The summed E-state index contributed by atoms with van der Waals surface area (Å²) in [7, 11) is 0. The number of halogens is 1. The standard InChI is InChI=1S/C18H16ClNO3/c1-13(18(22)20-16-9-5-8-15(19)12-16)23-17(21)11-10-14-6-3-2-4-7-14/h2-13H,1H3,(H,20,22)/b11-10+/t13-/m0/s1. The zero-order valence-corrected chi connectivity index (χ0v) is 13.3. The number of benzene rings is 2. The van der Waals surface area contributed by atoms with Crippen LogP contribution in [0, 0.1) is 0 Å². The molecule has 0 fully saturated rings. The highest BCUT2D eigenvalue weighted by atomic mass is 35.5. The van der Waals surface area contributed by atoms with Crippen molar-refractivity contribution in [2.75, 3.05) is 5.32 Å². The summed E-state index contributed by atoms with van der Waals surface area (Å²) in [5.41, 5.74) is 1.42. The number of ether oxygens (including phenoxy) is 1. The molecule has 2 aromatic rings. The molecule has 1 atom stereocenters. The number of rotatable bonds is 5. The molecule has 1 amide bonds. The van der Waals surface area contributed by atoms with Crippen LogP contribution in [0.25, 0.3) is 6.08 Å². The first-order chi connectivity index (χ1) is 11.0. The van der Waals surface area contributed by atoms with Gasteiger partial charge in [0.1, 0.15) is 0 Å². The van der Waals surface area contributed by atoms with Gasteiger partial charge >= 0.3 is 5.97 Å². The average Bonchev–Trinajstić information content (AvgIpc) is 2.54. The van der Waals surface area contributed by atoms with Gasteiger partial charge in [0.2, 0.25) is 0 Å². The van der Waals surface area contributed by atoms with E-state index in [0.717, 1.165) is 5.56 Å². The van der Waals surface area contributed by atoms with Crippen molar-refractivity contribution in [1.29, 1.82) is 0 Å². The molecule has 0 aliphatic heterocycles. The highest BCUT2D eigenvalue weighted by Crippen LogP contribution is 2.15. The maximum Gasteiger partial charge on any atom is 0.331 e. The molecule has 0 saturated heterocycles. The average molecular weight is 330 g/mol. The summed E-state index contributed by atoms with van der Waals surface area (Å²) < 4.78 is 5.07. The molecule has 2 aromatic carbocycles. The smallest absolute Gasteiger partial charge is 0.331 e. The zero-order chi connectivity index (χ0) is 16.7. The molecule has 0 unspecified atom stereocenters. The second-order valence-corrected chi connectivity index (χ2v) is 5.26. The van der Waals surface area contributed by atoms with Crippen LogP contribution in [-0.2, 0) is 14.3 Å². The lowest BCUT2D eigenvalue weighted by Gasteiger charge is -2.12. The van der Waals surface area contributed by atoms with Crippen molar-refractivity contribution in [2.45, 2.75) is 13.0 Å². The van der Waals surface area contributed by atoms with Gasteiger partial charge < -0.3 is 10.1 Å². The van der Waals surface area contributed by atoms with Gasteiger partial charge in [-0.3, -0.25) is 4.79 Å². The van der Waals surface area contributed by atoms with Crippen molar-refractivity contribution in [3.8, 4) is 0 Å². The number of hydrogen-bond donors (Lipinski definition) is 1. The van der Waals surface area contributed by atoms with Crippen molar-refractivity contribution < 1.29 is 14.3 Å². The van der Waals surface area contributed by atoms with E-state index in [2.05, 4.69) is 5.32 Å². The first-order valence-corrected chi connectivity index (χ1v) is 7.42. The predicted molar refractivity (Wildman–Crippen MR) is 91.1 cm³/mol. The van der Waals surface area contributed by atoms with Crippen LogP contribution in [-0.4, -0.2) is 18.0 Å². The zero-order valence-electron chi connectivity index (χ0n) is 12.5. The molecule has 4 nitrogen and oxygen atoms in total. The molecule has 2 rings (SSSR count). The van der Waals surface area contributed by atoms with Crippen molar-refractivity contribution in [3.05, 3.63) is 71.3 Å². The van der Waals surface area contributed by atoms with Crippen LogP contribution in [0.2, 0.25) is 5.02 Å². The van der Waals surface area contributed by atoms with Gasteiger partial charge in [0.05, 0.1) is 0 Å². The third-order valence-electron chi connectivity index (χ3n) is 2.97. The maximum absolute atomic E-state index is 12.0. The van der Waals surface area contributed by atoms with Gasteiger partial charge in [-0.1, -0.05) is 48.0 Å². The Hall–Kier alpha value is -2.59. The summed E-state index contributed by atoms with van der Waals surface area (Å²) in [6, 6.07) is 16.1. The van der Waals surface area contributed by atoms with E-state index >= 15 is 0 Å². The van der Waals surface area contributed by atoms with Gasteiger partial charge in [0.15, 0.2) is 6.10 Å². The Labute approximate surface area is 139 Å². The summed E-state index contributed by atoms with van der Waals surface area (Å²) in [5, 5.41) is 3.15. The minimum atomic E-state index is -0.915. The number of nitrogens with one attached hydrogen (secondary N) is 1. The second-order valence-electron chi connectivity index (χ2n) is 4.82. The molecular formula is C18H16ClNO3. The van der Waals surface area contributed by atoms with Crippen LogP contribution >= 0.6 is 11.6 Å². The van der Waals surface area contributed by atoms with Crippen LogP contribution in [0.1, 0.15) is 12.5 Å². The van der Waals surface area contributed by atoms with E-state index in [9.17, 15) is 9.59 Å². The van der Waals surface area contributed by atoms with Crippen molar-refractivity contribution >= 4 is 35.2 Å². The molecule has 118 valence electrons. The third-order valence-corrected chi connectivity index (χ3v) is 3.20. The van der Waals surface area contributed by atoms with Crippen LogP contribution in [0.4, 0.5) is 5.69 Å². The van der Waals surface area contributed by atoms with E-state index in [4.69, 9.17) is 16.3 Å². The molecule has 23 heavy (non-hydrogen) atoms. The molecule has 0 radical (unpaired) electrons. The number of anilines is 1. The van der Waals surface area contributed by atoms with Crippen molar-refractivity contribution in [2.24, 2.45) is 0 Å². The van der Waals surface area contributed by atoms with Gasteiger partial charge in [-0.2, -0.15) is 0 Å². The lowest BCUT2D eigenvalue weighted by molar-refractivity contribution is -0.148. The molecule has 0 bridgehead atoms. The molecule has 0 saturated carbocycles. The summed E-state index contributed by atoms with van der Waals surface area (Å²) >= 11 is 5.85. The Kier molecular flexibility index (Phi) is 5.94. The minimum absolute atomic E-state index is 0.422. The van der Waals surface area contributed by atoms with Crippen molar-refractivity contribution in [3.63, 3.8) is 0 Å². The molecule has 0 aromatic heterocycles. The maximum atomic E-state index is 12.0. The number of hydrogen-bond acceptors (Lipinski definition) is 3. The summed E-state index contributed by atoms with van der Waals surface area (Å²) in [6.07, 6.45) is 2.00. The largest absolute Gasteiger partial charge is 0.449 e. The predicted octanol–water partition coefficient (Wildman–Crippen LogP) is 3.92. The van der Waals surface area contributed by atoms with Gasteiger partial charge in [-0.05, 0) is 36.8 Å². The lowest BCUT2D eigenvalue weighted by Crippen LogP contribution is -2.29. The van der Waals surface area contributed by atoms with Crippen molar-refractivity contribution in [1.82, 2.24) is 0 Å². The fraction of sp³-hybridized carbons (Fsp3) is 0.111. The monoisotopic (exact) mass is 329 g/mol. The van der Waals surface area contributed by atoms with Crippen LogP contribution in [0.15, 0.2) is 60.7 Å². The Morgan fingerprint density at radius 2 is 1.87 bits per heavy atom. The number of esters is 1.